The van der Waals surface area contributed by atoms with Crippen LogP contribution >= 0.6 is 0 Å². The molecule has 1 saturated heterocycles. The van der Waals surface area contributed by atoms with Gasteiger partial charge in [0.05, 0.1) is 12.2 Å². The van der Waals surface area contributed by atoms with Gasteiger partial charge in [-0.05, 0) is 36.4 Å². The van der Waals surface area contributed by atoms with Crippen LogP contribution in [-0.2, 0) is 16.2 Å². The van der Waals surface area contributed by atoms with E-state index in [4.69, 9.17) is 14.5 Å². The molecule has 2 aliphatic rings. The largest absolute Gasteiger partial charge is 0.447 e. The van der Waals surface area contributed by atoms with Gasteiger partial charge in [-0.2, -0.15) is 5.10 Å². The summed E-state index contributed by atoms with van der Waals surface area (Å²) in [5.74, 6) is 1.72. The molecule has 1 aromatic carbocycles. The predicted molar refractivity (Wildman–Crippen MR) is 156 cm³/mol. The van der Waals surface area contributed by atoms with Crippen molar-refractivity contribution >= 4 is 25.6 Å². The summed E-state index contributed by atoms with van der Waals surface area (Å²) in [6, 6.07) is 11.1. The van der Waals surface area contributed by atoms with Crippen molar-refractivity contribution < 1.29 is 14.3 Å². The molecule has 1 aliphatic carbocycles. The number of rotatable bonds is 9. The Morgan fingerprint density at radius 1 is 1.05 bits per heavy atom. The minimum atomic E-state index is -1.12. The summed E-state index contributed by atoms with van der Waals surface area (Å²) in [5, 5.41) is 9.08. The molecule has 0 radical (unpaired) electrons. The number of ether oxygens (including phenoxy) is 2. The quantitative estimate of drug-likeness (QED) is 0.187. The molecule has 1 aliphatic heterocycles. The molecule has 1 atom stereocenters. The van der Waals surface area contributed by atoms with Crippen molar-refractivity contribution in [2.75, 3.05) is 18.1 Å². The van der Waals surface area contributed by atoms with E-state index < -0.39 is 8.07 Å². The summed E-state index contributed by atoms with van der Waals surface area (Å²) in [7, 11) is -1.12. The highest BCUT2D eigenvalue weighted by atomic mass is 28.3. The van der Waals surface area contributed by atoms with Crippen molar-refractivity contribution in [2.24, 2.45) is 5.92 Å². The van der Waals surface area contributed by atoms with Crippen LogP contribution in [0.25, 0.3) is 28.2 Å². The molecule has 40 heavy (non-hydrogen) atoms. The standard InChI is InChI=1S/C29H37N7O3Si/c1-40(2,3)16-15-38-20-34-19-30-27(33-34)23-11-9-21(10-12-23)24-17-31-35-14-13-26(32-28(24)35)36-25(18-39-29(36)37)22-7-5-4-6-8-22/h9-14,17,19,22,25H,4-8,15-16,18,20H2,1-3H3. The number of fused-ring (bicyclic) bond motifs is 1. The van der Waals surface area contributed by atoms with Crippen LogP contribution in [0.4, 0.5) is 10.6 Å². The van der Waals surface area contributed by atoms with Crippen LogP contribution in [-0.4, -0.2) is 62.8 Å². The zero-order chi connectivity index (χ0) is 27.7. The van der Waals surface area contributed by atoms with Crippen molar-refractivity contribution in [1.29, 1.82) is 0 Å². The third kappa shape index (κ3) is 5.66. The molecule has 3 aromatic heterocycles. The minimum Gasteiger partial charge on any atom is -0.447 e. The highest BCUT2D eigenvalue weighted by molar-refractivity contribution is 6.76. The number of anilines is 1. The van der Waals surface area contributed by atoms with Crippen LogP contribution in [0.1, 0.15) is 32.1 Å². The molecule has 1 amide bonds. The average Bonchev–Trinajstić information content (AvgIpc) is 3.69. The first-order chi connectivity index (χ1) is 19.4. The normalized spacial score (nSPS) is 18.5. The number of carbonyl (C=O) groups excluding carboxylic acids is 1. The first-order valence-corrected chi connectivity index (χ1v) is 17.9. The van der Waals surface area contributed by atoms with Crippen molar-refractivity contribution in [3.63, 3.8) is 0 Å². The lowest BCUT2D eigenvalue weighted by molar-refractivity contribution is 0.0785. The first-order valence-electron chi connectivity index (χ1n) is 14.2. The lowest BCUT2D eigenvalue weighted by Crippen LogP contribution is -2.40. The summed E-state index contributed by atoms with van der Waals surface area (Å²) in [5.41, 5.74) is 3.49. The number of hydrogen-bond acceptors (Lipinski definition) is 7. The monoisotopic (exact) mass is 559 g/mol. The van der Waals surface area contributed by atoms with Crippen LogP contribution < -0.4 is 4.90 Å². The van der Waals surface area contributed by atoms with Gasteiger partial charge in [0.25, 0.3) is 0 Å². The number of aromatic nitrogens is 6. The number of benzene rings is 1. The molecule has 210 valence electrons. The Labute approximate surface area is 235 Å². The van der Waals surface area contributed by atoms with Crippen molar-refractivity contribution in [3.8, 4) is 22.5 Å². The minimum absolute atomic E-state index is 0.0338. The van der Waals surface area contributed by atoms with E-state index in [1.807, 2.05) is 42.7 Å². The number of hydrogen-bond donors (Lipinski definition) is 0. The van der Waals surface area contributed by atoms with E-state index >= 15 is 0 Å². The van der Waals surface area contributed by atoms with Crippen molar-refractivity contribution in [2.45, 2.75) is 70.6 Å². The van der Waals surface area contributed by atoms with E-state index in [9.17, 15) is 4.79 Å². The van der Waals surface area contributed by atoms with Gasteiger partial charge in [0, 0.05) is 32.0 Å². The molecule has 10 nitrogen and oxygen atoms in total. The number of nitrogens with zero attached hydrogens (tertiary/aromatic N) is 7. The molecular formula is C29H37N7O3Si. The predicted octanol–water partition coefficient (Wildman–Crippen LogP) is 5.87. The van der Waals surface area contributed by atoms with Gasteiger partial charge in [0.15, 0.2) is 11.5 Å². The molecule has 2 fully saturated rings. The first kappa shape index (κ1) is 26.6. The second-order valence-electron chi connectivity index (χ2n) is 12.1. The Morgan fingerprint density at radius 3 is 2.60 bits per heavy atom. The lowest BCUT2D eigenvalue weighted by Gasteiger charge is -2.31. The van der Waals surface area contributed by atoms with Crippen LogP contribution in [0, 0.1) is 5.92 Å². The lowest BCUT2D eigenvalue weighted by atomic mass is 9.84. The Morgan fingerprint density at radius 2 is 1.82 bits per heavy atom. The van der Waals surface area contributed by atoms with E-state index in [1.165, 1.54) is 19.3 Å². The SMILES string of the molecule is C[Si](C)(C)CCOCn1cnc(-c2ccc(-c3cnn4ccc(N5C(=O)OCC5C5CCCCC5)nc34)cc2)n1. The number of carbonyl (C=O) groups is 1. The van der Waals surface area contributed by atoms with Crippen LogP contribution in [0.2, 0.25) is 25.7 Å². The van der Waals surface area contributed by atoms with Gasteiger partial charge >= 0.3 is 6.09 Å². The Balaban J connectivity index is 1.19. The molecule has 4 aromatic rings. The molecule has 0 N–H and O–H groups in total. The molecule has 1 unspecified atom stereocenters. The van der Waals surface area contributed by atoms with Crippen LogP contribution in [0.5, 0.6) is 0 Å². The summed E-state index contributed by atoms with van der Waals surface area (Å²) in [6.45, 7) is 8.59. The zero-order valence-electron chi connectivity index (χ0n) is 23.5. The van der Waals surface area contributed by atoms with Gasteiger partial charge < -0.3 is 9.47 Å². The maximum atomic E-state index is 12.8. The fourth-order valence-corrected chi connectivity index (χ4v) is 6.34. The smallest absolute Gasteiger partial charge is 0.415 e. The highest BCUT2D eigenvalue weighted by Crippen LogP contribution is 2.35. The van der Waals surface area contributed by atoms with Gasteiger partial charge in [0.1, 0.15) is 25.5 Å². The highest BCUT2D eigenvalue weighted by Gasteiger charge is 2.40. The molecule has 6 rings (SSSR count). The van der Waals surface area contributed by atoms with Crippen LogP contribution in [0.3, 0.4) is 0 Å². The van der Waals surface area contributed by atoms with Crippen molar-refractivity contribution in [3.05, 3.63) is 49.1 Å². The molecule has 1 saturated carbocycles. The molecule has 0 bridgehead atoms. The number of amides is 1. The summed E-state index contributed by atoms with van der Waals surface area (Å²) < 4.78 is 14.8. The topological polar surface area (TPSA) is 99.7 Å². The average molecular weight is 560 g/mol. The van der Waals surface area contributed by atoms with E-state index in [1.54, 1.807) is 20.4 Å². The molecular weight excluding hydrogens is 522 g/mol. The van der Waals surface area contributed by atoms with E-state index in [-0.39, 0.29) is 12.1 Å². The number of cyclic esters (lactones) is 1. The zero-order valence-corrected chi connectivity index (χ0v) is 24.5. The summed E-state index contributed by atoms with van der Waals surface area (Å²) in [4.78, 5) is 23.9. The maximum Gasteiger partial charge on any atom is 0.415 e. The Kier molecular flexibility index (Phi) is 7.41. The third-order valence-electron chi connectivity index (χ3n) is 7.91. The molecule has 11 heteroatoms. The molecule has 0 spiro atoms. The van der Waals surface area contributed by atoms with Gasteiger partial charge in [-0.15, -0.1) is 5.10 Å². The summed E-state index contributed by atoms with van der Waals surface area (Å²) in [6.07, 6.45) is 11.0. The fourth-order valence-electron chi connectivity index (χ4n) is 5.59. The van der Waals surface area contributed by atoms with Crippen molar-refractivity contribution in [1.82, 2.24) is 29.4 Å². The summed E-state index contributed by atoms with van der Waals surface area (Å²) >= 11 is 0. The van der Waals surface area contributed by atoms with Gasteiger partial charge in [-0.25, -0.2) is 24.0 Å². The van der Waals surface area contributed by atoms with Crippen LogP contribution in [0.15, 0.2) is 49.1 Å². The second kappa shape index (κ2) is 11.1. The second-order valence-corrected chi connectivity index (χ2v) is 17.7. The van der Waals surface area contributed by atoms with Gasteiger partial charge in [-0.3, -0.25) is 4.90 Å². The van der Waals surface area contributed by atoms with E-state index in [0.717, 1.165) is 42.2 Å². The van der Waals surface area contributed by atoms with E-state index in [0.29, 0.717) is 36.5 Å². The molecule has 4 heterocycles. The van der Waals surface area contributed by atoms with E-state index in [2.05, 4.69) is 34.8 Å². The third-order valence-corrected chi connectivity index (χ3v) is 9.62. The Hall–Kier alpha value is -3.57. The Bertz CT molecular complexity index is 1470. The maximum absolute atomic E-state index is 12.8. The van der Waals surface area contributed by atoms with Gasteiger partial charge in [-0.1, -0.05) is 63.2 Å². The fraction of sp³-hybridized carbons (Fsp3) is 0.483. The van der Waals surface area contributed by atoms with Gasteiger partial charge in [0.2, 0.25) is 0 Å².